The molecule has 0 aromatic heterocycles. The lowest BCUT2D eigenvalue weighted by molar-refractivity contribution is -0.137. The van der Waals surface area contributed by atoms with E-state index >= 15 is 0 Å². The summed E-state index contributed by atoms with van der Waals surface area (Å²) in [5, 5.41) is 4.61. The van der Waals surface area contributed by atoms with Crippen LogP contribution in [0.2, 0.25) is 0 Å². The van der Waals surface area contributed by atoms with Crippen molar-refractivity contribution in [1.29, 1.82) is 0 Å². The minimum atomic E-state index is -4.73. The van der Waals surface area contributed by atoms with Crippen molar-refractivity contribution in [3.8, 4) is 0 Å². The van der Waals surface area contributed by atoms with Gasteiger partial charge in [-0.15, -0.1) is 0 Å². The Morgan fingerprint density at radius 1 is 1.04 bits per heavy atom. The van der Waals surface area contributed by atoms with E-state index in [9.17, 15) is 27.2 Å². The molecular weight excluding hydrogens is 376 g/mol. The highest BCUT2D eigenvalue weighted by Gasteiger charge is 2.35. The van der Waals surface area contributed by atoms with Crippen molar-refractivity contribution in [2.75, 3.05) is 10.6 Å². The molecule has 0 atom stereocenters. The summed E-state index contributed by atoms with van der Waals surface area (Å²) in [5.41, 5.74) is -1.11. The van der Waals surface area contributed by atoms with E-state index in [0.717, 1.165) is 31.1 Å². The third-order valence-corrected chi connectivity index (χ3v) is 4.07. The highest BCUT2D eigenvalue weighted by molar-refractivity contribution is 6.02. The largest absolute Gasteiger partial charge is 0.418 e. The molecular formula is C20H16F4N2O2. The van der Waals surface area contributed by atoms with Crippen LogP contribution >= 0.6 is 0 Å². The summed E-state index contributed by atoms with van der Waals surface area (Å²) in [6.45, 7) is 0. The van der Waals surface area contributed by atoms with Crippen molar-refractivity contribution in [2.45, 2.75) is 19.0 Å². The fourth-order valence-electron chi connectivity index (χ4n) is 2.51. The van der Waals surface area contributed by atoms with E-state index in [0.29, 0.717) is 5.56 Å². The van der Waals surface area contributed by atoms with E-state index in [4.69, 9.17) is 0 Å². The number of halogens is 4. The van der Waals surface area contributed by atoms with Crippen LogP contribution in [0.15, 0.2) is 48.5 Å². The van der Waals surface area contributed by atoms with Crippen molar-refractivity contribution in [3.05, 3.63) is 65.5 Å². The van der Waals surface area contributed by atoms with Gasteiger partial charge in [-0.2, -0.15) is 13.2 Å². The normalized spacial score (nSPS) is 14.1. The quantitative estimate of drug-likeness (QED) is 0.565. The van der Waals surface area contributed by atoms with Crippen molar-refractivity contribution >= 4 is 29.3 Å². The lowest BCUT2D eigenvalue weighted by Crippen LogP contribution is -2.17. The van der Waals surface area contributed by atoms with Crippen molar-refractivity contribution < 1.29 is 27.2 Å². The number of alkyl halides is 3. The van der Waals surface area contributed by atoms with Gasteiger partial charge in [0, 0.05) is 17.7 Å². The molecule has 0 bridgehead atoms. The summed E-state index contributed by atoms with van der Waals surface area (Å²) >= 11 is 0. The number of hydrogen-bond acceptors (Lipinski definition) is 2. The number of amides is 2. The number of carbonyl (C=O) groups excluding carboxylic acids is 2. The Bertz CT molecular complexity index is 934. The molecule has 1 aliphatic rings. The van der Waals surface area contributed by atoms with Gasteiger partial charge in [-0.25, -0.2) is 4.39 Å². The summed E-state index contributed by atoms with van der Waals surface area (Å²) < 4.78 is 53.2. The van der Waals surface area contributed by atoms with Gasteiger partial charge in [0.25, 0.3) is 0 Å². The smallest absolute Gasteiger partial charge is 0.326 e. The summed E-state index contributed by atoms with van der Waals surface area (Å²) in [6.07, 6.45) is -0.976. The Kier molecular flexibility index (Phi) is 5.48. The van der Waals surface area contributed by atoms with Gasteiger partial charge in [-0.05, 0) is 54.8 Å². The average Bonchev–Trinajstić information content (AvgIpc) is 3.46. The average molecular weight is 392 g/mol. The van der Waals surface area contributed by atoms with Crippen molar-refractivity contribution in [1.82, 2.24) is 0 Å². The summed E-state index contributed by atoms with van der Waals surface area (Å²) in [4.78, 5) is 23.7. The highest BCUT2D eigenvalue weighted by Crippen LogP contribution is 2.37. The SMILES string of the molecule is O=C(C=Cc1cccc(F)c1)Nc1ccc(NC(=O)C2CC2)cc1C(F)(F)F. The lowest BCUT2D eigenvalue weighted by Gasteiger charge is -2.15. The Labute approximate surface area is 158 Å². The summed E-state index contributed by atoms with van der Waals surface area (Å²) in [7, 11) is 0. The molecule has 146 valence electrons. The molecule has 4 nitrogen and oxygen atoms in total. The van der Waals surface area contributed by atoms with E-state index in [-0.39, 0.29) is 17.5 Å². The molecule has 8 heteroatoms. The molecule has 0 radical (unpaired) electrons. The first-order valence-corrected chi connectivity index (χ1v) is 8.49. The van der Waals surface area contributed by atoms with Gasteiger partial charge < -0.3 is 10.6 Å². The van der Waals surface area contributed by atoms with E-state index in [1.54, 1.807) is 6.07 Å². The first-order valence-electron chi connectivity index (χ1n) is 8.49. The molecule has 1 aliphatic carbocycles. The number of rotatable bonds is 5. The molecule has 28 heavy (non-hydrogen) atoms. The molecule has 1 saturated carbocycles. The minimum Gasteiger partial charge on any atom is -0.326 e. The summed E-state index contributed by atoms with van der Waals surface area (Å²) in [6, 6.07) is 8.57. The van der Waals surface area contributed by atoms with Crippen LogP contribution in [0.25, 0.3) is 6.08 Å². The van der Waals surface area contributed by atoms with E-state index in [1.165, 1.54) is 30.3 Å². The predicted octanol–water partition coefficient (Wildman–Crippen LogP) is 4.84. The maximum Gasteiger partial charge on any atom is 0.418 e. The second-order valence-electron chi connectivity index (χ2n) is 6.40. The molecule has 3 rings (SSSR count). The molecule has 1 fully saturated rings. The molecule has 0 saturated heterocycles. The topological polar surface area (TPSA) is 58.2 Å². The van der Waals surface area contributed by atoms with Crippen LogP contribution < -0.4 is 10.6 Å². The summed E-state index contributed by atoms with van der Waals surface area (Å²) in [5.74, 6) is -1.76. The number of benzene rings is 2. The zero-order chi connectivity index (χ0) is 20.3. The van der Waals surface area contributed by atoms with Gasteiger partial charge >= 0.3 is 6.18 Å². The van der Waals surface area contributed by atoms with Gasteiger partial charge in [0.1, 0.15) is 5.82 Å². The van der Waals surface area contributed by atoms with Gasteiger partial charge in [-0.3, -0.25) is 9.59 Å². The zero-order valence-corrected chi connectivity index (χ0v) is 14.5. The van der Waals surface area contributed by atoms with Crippen LogP contribution in [0.4, 0.5) is 28.9 Å². The second-order valence-corrected chi connectivity index (χ2v) is 6.40. The Morgan fingerprint density at radius 3 is 2.43 bits per heavy atom. The van der Waals surface area contributed by atoms with Crippen LogP contribution in [0.3, 0.4) is 0 Å². The van der Waals surface area contributed by atoms with Gasteiger partial charge in [0.2, 0.25) is 11.8 Å². The van der Waals surface area contributed by atoms with Crippen molar-refractivity contribution in [2.24, 2.45) is 5.92 Å². The van der Waals surface area contributed by atoms with E-state index in [2.05, 4.69) is 10.6 Å². The van der Waals surface area contributed by atoms with Gasteiger partial charge in [-0.1, -0.05) is 12.1 Å². The highest BCUT2D eigenvalue weighted by atomic mass is 19.4. The Hall–Kier alpha value is -3.16. The Balaban J connectivity index is 1.76. The number of carbonyl (C=O) groups is 2. The maximum atomic E-state index is 13.4. The molecule has 2 N–H and O–H groups in total. The van der Waals surface area contributed by atoms with Gasteiger partial charge in [0.15, 0.2) is 0 Å². The molecule has 2 aromatic carbocycles. The predicted molar refractivity (Wildman–Crippen MR) is 96.9 cm³/mol. The standard InChI is InChI=1S/C20H16F4N2O2/c21-14-3-1-2-12(10-14)4-9-18(27)26-17-8-7-15(11-16(17)20(22,23)24)25-19(28)13-5-6-13/h1-4,7-11,13H,5-6H2,(H,25,28)(H,26,27). The van der Waals surface area contributed by atoms with E-state index < -0.39 is 29.2 Å². The fourth-order valence-corrected chi connectivity index (χ4v) is 2.51. The molecule has 2 aromatic rings. The third kappa shape index (κ3) is 5.18. The molecule has 2 amide bonds. The van der Waals surface area contributed by atoms with Crippen LogP contribution in [-0.2, 0) is 15.8 Å². The monoisotopic (exact) mass is 392 g/mol. The Morgan fingerprint density at radius 2 is 1.79 bits per heavy atom. The molecule has 0 spiro atoms. The minimum absolute atomic E-state index is 0.0116. The number of nitrogens with one attached hydrogen (secondary N) is 2. The number of hydrogen-bond donors (Lipinski definition) is 2. The van der Waals surface area contributed by atoms with Gasteiger partial charge in [0.05, 0.1) is 11.3 Å². The van der Waals surface area contributed by atoms with Crippen LogP contribution in [0.5, 0.6) is 0 Å². The van der Waals surface area contributed by atoms with Crippen LogP contribution in [0.1, 0.15) is 24.0 Å². The molecule has 0 unspecified atom stereocenters. The van der Waals surface area contributed by atoms with Crippen molar-refractivity contribution in [3.63, 3.8) is 0 Å². The third-order valence-electron chi connectivity index (χ3n) is 4.07. The van der Waals surface area contributed by atoms with Crippen LogP contribution in [0, 0.1) is 11.7 Å². The zero-order valence-electron chi connectivity index (χ0n) is 14.5. The first-order chi connectivity index (χ1) is 13.2. The van der Waals surface area contributed by atoms with E-state index in [1.807, 2.05) is 0 Å². The van der Waals surface area contributed by atoms with Crippen LogP contribution in [-0.4, -0.2) is 11.8 Å². The maximum absolute atomic E-state index is 13.4. The molecule has 0 aliphatic heterocycles. The second kappa shape index (κ2) is 7.84. The molecule has 0 heterocycles. The first kappa shape index (κ1) is 19.6. The lowest BCUT2D eigenvalue weighted by atomic mass is 10.1. The fraction of sp³-hybridized carbons (Fsp3) is 0.200. The number of anilines is 2.